The summed E-state index contributed by atoms with van der Waals surface area (Å²) in [6.45, 7) is 13.1. The molecule has 2 aromatic rings. The maximum atomic E-state index is 6.09. The summed E-state index contributed by atoms with van der Waals surface area (Å²) < 4.78 is 0. The number of nitrogens with zero attached hydrogens (tertiary/aromatic N) is 1. The van der Waals surface area contributed by atoms with Gasteiger partial charge in [-0.25, -0.2) is 0 Å². The topological polar surface area (TPSA) is 38.9 Å². The largest absolute Gasteiger partial charge is 0.326 e. The smallest absolute Gasteiger partial charge is 0.0460 e. The van der Waals surface area contributed by atoms with E-state index in [9.17, 15) is 0 Å². The standard InChI is InChI=1S/C20H26N2/c1-6-17-15(5)22-19(11-13(2)3)18(12-21)20(17)16-9-7-14(4)8-10-16/h6-10,13H,1,11-12,21H2,2-5H3. The van der Waals surface area contributed by atoms with Crippen LogP contribution in [-0.4, -0.2) is 4.98 Å². The lowest BCUT2D eigenvalue weighted by Gasteiger charge is -2.19. The van der Waals surface area contributed by atoms with Gasteiger partial charge in [0, 0.05) is 23.5 Å². The molecule has 1 aromatic heterocycles. The Morgan fingerprint density at radius 1 is 1.18 bits per heavy atom. The van der Waals surface area contributed by atoms with Crippen molar-refractivity contribution in [1.29, 1.82) is 0 Å². The number of pyridine rings is 1. The zero-order chi connectivity index (χ0) is 16.3. The van der Waals surface area contributed by atoms with Crippen LogP contribution in [-0.2, 0) is 13.0 Å². The Labute approximate surface area is 134 Å². The molecular formula is C20H26N2. The Bertz CT molecular complexity index is 667. The van der Waals surface area contributed by atoms with E-state index in [0.717, 1.165) is 28.9 Å². The Kier molecular flexibility index (Phi) is 5.15. The molecular weight excluding hydrogens is 268 g/mol. The molecule has 0 aliphatic heterocycles. The first-order valence-electron chi connectivity index (χ1n) is 7.89. The molecule has 22 heavy (non-hydrogen) atoms. The third-order valence-corrected chi connectivity index (χ3v) is 3.96. The van der Waals surface area contributed by atoms with Crippen molar-refractivity contribution in [1.82, 2.24) is 4.98 Å². The van der Waals surface area contributed by atoms with Gasteiger partial charge in [-0.05, 0) is 42.9 Å². The van der Waals surface area contributed by atoms with E-state index in [0.29, 0.717) is 12.5 Å². The van der Waals surface area contributed by atoms with Crippen molar-refractivity contribution in [3.8, 4) is 11.1 Å². The summed E-state index contributed by atoms with van der Waals surface area (Å²) in [5.41, 5.74) is 14.1. The molecule has 0 aliphatic carbocycles. The van der Waals surface area contributed by atoms with Gasteiger partial charge < -0.3 is 5.73 Å². The van der Waals surface area contributed by atoms with Gasteiger partial charge in [-0.2, -0.15) is 0 Å². The van der Waals surface area contributed by atoms with E-state index in [4.69, 9.17) is 10.7 Å². The second kappa shape index (κ2) is 6.89. The maximum absolute atomic E-state index is 6.09. The number of aromatic nitrogens is 1. The molecule has 2 nitrogen and oxygen atoms in total. The van der Waals surface area contributed by atoms with Gasteiger partial charge >= 0.3 is 0 Å². The molecule has 116 valence electrons. The van der Waals surface area contributed by atoms with Crippen LogP contribution in [0.1, 0.15) is 41.9 Å². The molecule has 0 atom stereocenters. The third kappa shape index (κ3) is 3.28. The highest BCUT2D eigenvalue weighted by molar-refractivity contribution is 5.79. The van der Waals surface area contributed by atoms with E-state index in [1.54, 1.807) is 0 Å². The molecule has 1 heterocycles. The van der Waals surface area contributed by atoms with Crippen LogP contribution < -0.4 is 5.73 Å². The summed E-state index contributed by atoms with van der Waals surface area (Å²) in [6, 6.07) is 8.60. The fraction of sp³-hybridized carbons (Fsp3) is 0.350. The lowest BCUT2D eigenvalue weighted by Crippen LogP contribution is -2.11. The lowest BCUT2D eigenvalue weighted by molar-refractivity contribution is 0.628. The van der Waals surface area contributed by atoms with E-state index in [1.165, 1.54) is 16.7 Å². The van der Waals surface area contributed by atoms with Crippen LogP contribution in [0.4, 0.5) is 0 Å². The van der Waals surface area contributed by atoms with Gasteiger partial charge in [0.2, 0.25) is 0 Å². The first kappa shape index (κ1) is 16.4. The van der Waals surface area contributed by atoms with Crippen LogP contribution >= 0.6 is 0 Å². The fourth-order valence-electron chi connectivity index (χ4n) is 2.89. The highest BCUT2D eigenvalue weighted by Crippen LogP contribution is 2.33. The number of nitrogens with two attached hydrogens (primary N) is 1. The van der Waals surface area contributed by atoms with Crippen molar-refractivity contribution >= 4 is 6.08 Å². The molecule has 2 heteroatoms. The van der Waals surface area contributed by atoms with Crippen LogP contribution in [0, 0.1) is 19.8 Å². The summed E-state index contributed by atoms with van der Waals surface area (Å²) in [5.74, 6) is 0.553. The predicted molar refractivity (Wildman–Crippen MR) is 95.7 cm³/mol. The predicted octanol–water partition coefficient (Wildman–Crippen LogP) is 4.67. The first-order valence-corrected chi connectivity index (χ1v) is 7.89. The van der Waals surface area contributed by atoms with Crippen molar-refractivity contribution in [3.05, 3.63) is 58.9 Å². The molecule has 0 bridgehead atoms. The van der Waals surface area contributed by atoms with Gasteiger partial charge in [0.1, 0.15) is 0 Å². The zero-order valence-corrected chi connectivity index (χ0v) is 14.1. The van der Waals surface area contributed by atoms with Crippen molar-refractivity contribution in [2.45, 2.75) is 40.7 Å². The van der Waals surface area contributed by atoms with E-state index >= 15 is 0 Å². The van der Waals surface area contributed by atoms with Gasteiger partial charge in [-0.1, -0.05) is 56.3 Å². The summed E-state index contributed by atoms with van der Waals surface area (Å²) in [5, 5.41) is 0. The fourth-order valence-corrected chi connectivity index (χ4v) is 2.89. The van der Waals surface area contributed by atoms with E-state index in [2.05, 4.69) is 58.5 Å². The molecule has 0 fully saturated rings. The van der Waals surface area contributed by atoms with Crippen molar-refractivity contribution < 1.29 is 0 Å². The van der Waals surface area contributed by atoms with E-state index < -0.39 is 0 Å². The van der Waals surface area contributed by atoms with Gasteiger partial charge in [0.15, 0.2) is 0 Å². The van der Waals surface area contributed by atoms with Gasteiger partial charge in [0.25, 0.3) is 0 Å². The summed E-state index contributed by atoms with van der Waals surface area (Å²) in [7, 11) is 0. The van der Waals surface area contributed by atoms with Crippen molar-refractivity contribution in [2.24, 2.45) is 11.7 Å². The number of rotatable bonds is 5. The van der Waals surface area contributed by atoms with Crippen LogP contribution in [0.15, 0.2) is 30.8 Å². The van der Waals surface area contributed by atoms with Crippen molar-refractivity contribution in [3.63, 3.8) is 0 Å². The Hall–Kier alpha value is -1.93. The molecule has 0 amide bonds. The number of aryl methyl sites for hydroxylation is 2. The number of benzene rings is 1. The van der Waals surface area contributed by atoms with Crippen LogP contribution in [0.25, 0.3) is 17.2 Å². The Morgan fingerprint density at radius 3 is 2.32 bits per heavy atom. The normalized spacial score (nSPS) is 11.0. The molecule has 0 aliphatic rings. The molecule has 0 unspecified atom stereocenters. The average Bonchev–Trinajstić information content (AvgIpc) is 2.47. The average molecular weight is 294 g/mol. The lowest BCUT2D eigenvalue weighted by atomic mass is 9.90. The molecule has 0 saturated heterocycles. The summed E-state index contributed by atoms with van der Waals surface area (Å²) in [4.78, 5) is 4.81. The Balaban J connectivity index is 2.74. The molecule has 2 N–H and O–H groups in total. The second-order valence-electron chi connectivity index (χ2n) is 6.28. The van der Waals surface area contributed by atoms with Crippen LogP contribution in [0.5, 0.6) is 0 Å². The molecule has 1 aromatic carbocycles. The van der Waals surface area contributed by atoms with Crippen molar-refractivity contribution in [2.75, 3.05) is 0 Å². The van der Waals surface area contributed by atoms with E-state index in [-0.39, 0.29) is 0 Å². The number of hydrogen-bond donors (Lipinski definition) is 1. The zero-order valence-electron chi connectivity index (χ0n) is 14.1. The minimum atomic E-state index is 0.499. The Morgan fingerprint density at radius 2 is 1.82 bits per heavy atom. The molecule has 0 spiro atoms. The van der Waals surface area contributed by atoms with Gasteiger partial charge in [-0.3, -0.25) is 4.98 Å². The van der Waals surface area contributed by atoms with Gasteiger partial charge in [0.05, 0.1) is 0 Å². The summed E-state index contributed by atoms with van der Waals surface area (Å²) in [6.07, 6.45) is 2.85. The minimum Gasteiger partial charge on any atom is -0.326 e. The quantitative estimate of drug-likeness (QED) is 0.870. The minimum absolute atomic E-state index is 0.499. The van der Waals surface area contributed by atoms with Gasteiger partial charge in [-0.15, -0.1) is 0 Å². The monoisotopic (exact) mass is 294 g/mol. The maximum Gasteiger partial charge on any atom is 0.0460 e. The summed E-state index contributed by atoms with van der Waals surface area (Å²) >= 11 is 0. The number of hydrogen-bond acceptors (Lipinski definition) is 2. The van der Waals surface area contributed by atoms with E-state index in [1.807, 2.05) is 6.08 Å². The second-order valence-corrected chi connectivity index (χ2v) is 6.28. The van der Waals surface area contributed by atoms with Crippen LogP contribution in [0.3, 0.4) is 0 Å². The first-order chi connectivity index (χ1) is 10.5. The highest BCUT2D eigenvalue weighted by Gasteiger charge is 2.17. The molecule has 0 radical (unpaired) electrons. The SMILES string of the molecule is C=Cc1c(C)nc(CC(C)C)c(CN)c1-c1ccc(C)cc1. The van der Waals surface area contributed by atoms with Crippen LogP contribution in [0.2, 0.25) is 0 Å². The highest BCUT2D eigenvalue weighted by atomic mass is 14.7. The molecule has 0 saturated carbocycles. The third-order valence-electron chi connectivity index (χ3n) is 3.96. The molecule has 2 rings (SSSR count).